The van der Waals surface area contributed by atoms with Crippen molar-refractivity contribution < 1.29 is 9.90 Å². The lowest BCUT2D eigenvalue weighted by molar-refractivity contribution is 0.0698. The second kappa shape index (κ2) is 3.22. The Labute approximate surface area is 74.2 Å². The zero-order chi connectivity index (χ0) is 10.0. The van der Waals surface area contributed by atoms with Crippen molar-refractivity contribution in [2.75, 3.05) is 5.73 Å². The molecule has 68 valence electrons. The first-order chi connectivity index (χ1) is 6.07. The predicted octanol–water partition coefficient (Wildman–Crippen LogP) is 1.67. The van der Waals surface area contributed by atoms with E-state index in [1.54, 1.807) is 6.92 Å². The van der Waals surface area contributed by atoms with Crippen molar-refractivity contribution in [1.29, 1.82) is 0 Å². The average molecular weight is 180 g/mol. The average Bonchev–Trinajstić information content (AvgIpc) is 2.09. The van der Waals surface area contributed by atoms with E-state index in [4.69, 9.17) is 10.8 Å². The summed E-state index contributed by atoms with van der Waals surface area (Å²) in [6.45, 7) is 1.68. The summed E-state index contributed by atoms with van der Waals surface area (Å²) in [5.74, 6) is -1.21. The number of hydrogen-bond acceptors (Lipinski definition) is 4. The van der Waals surface area contributed by atoms with Crippen molar-refractivity contribution in [1.82, 2.24) is 0 Å². The van der Waals surface area contributed by atoms with Gasteiger partial charge in [0, 0.05) is 0 Å². The van der Waals surface area contributed by atoms with Gasteiger partial charge in [-0.25, -0.2) is 4.79 Å². The highest BCUT2D eigenvalue weighted by Crippen LogP contribution is 2.29. The summed E-state index contributed by atoms with van der Waals surface area (Å²) in [4.78, 5) is 20.9. The molecular weight excluding hydrogens is 172 g/mol. The molecule has 0 bridgehead atoms. The molecule has 1 aromatic carbocycles. The maximum Gasteiger partial charge on any atom is 0.338 e. The Morgan fingerprint density at radius 2 is 2.15 bits per heavy atom. The Morgan fingerprint density at radius 1 is 1.54 bits per heavy atom. The number of carbonyl (C=O) groups is 1. The van der Waals surface area contributed by atoms with E-state index < -0.39 is 5.97 Å². The number of nitroso groups, excluding NO2 is 1. The van der Waals surface area contributed by atoms with Gasteiger partial charge in [-0.15, -0.1) is 4.91 Å². The Balaban J connectivity index is 3.47. The normalized spacial score (nSPS) is 9.62. The largest absolute Gasteiger partial charge is 0.478 e. The van der Waals surface area contributed by atoms with Crippen molar-refractivity contribution >= 4 is 17.3 Å². The molecule has 13 heavy (non-hydrogen) atoms. The maximum atomic E-state index is 10.6. The number of benzene rings is 1. The molecule has 0 heterocycles. The minimum Gasteiger partial charge on any atom is -0.478 e. The van der Waals surface area contributed by atoms with Gasteiger partial charge in [0.1, 0.15) is 5.69 Å². The number of hydrogen-bond donors (Lipinski definition) is 2. The summed E-state index contributed by atoms with van der Waals surface area (Å²) in [5, 5.41) is 11.3. The van der Waals surface area contributed by atoms with Crippen LogP contribution in [-0.4, -0.2) is 11.1 Å². The topological polar surface area (TPSA) is 92.7 Å². The molecule has 0 aliphatic heterocycles. The van der Waals surface area contributed by atoms with E-state index in [9.17, 15) is 9.70 Å². The van der Waals surface area contributed by atoms with Crippen LogP contribution in [0.5, 0.6) is 0 Å². The SMILES string of the molecule is Cc1ccc(C(=O)O)c(N=O)c1N. The fourth-order valence-electron chi connectivity index (χ4n) is 0.980. The fraction of sp³-hybridized carbons (Fsp3) is 0.125. The second-order valence-corrected chi connectivity index (χ2v) is 2.59. The number of aryl methyl sites for hydroxylation is 1. The van der Waals surface area contributed by atoms with Gasteiger partial charge in [-0.05, 0) is 23.7 Å². The van der Waals surface area contributed by atoms with Crippen LogP contribution in [-0.2, 0) is 0 Å². The van der Waals surface area contributed by atoms with Gasteiger partial charge in [0.2, 0.25) is 0 Å². The van der Waals surface area contributed by atoms with E-state index in [2.05, 4.69) is 5.18 Å². The maximum absolute atomic E-state index is 10.6. The summed E-state index contributed by atoms with van der Waals surface area (Å²) in [6.07, 6.45) is 0. The van der Waals surface area contributed by atoms with Crippen LogP contribution < -0.4 is 5.73 Å². The number of carboxylic acid groups (broad SMARTS) is 1. The van der Waals surface area contributed by atoms with Crippen LogP contribution in [0.1, 0.15) is 15.9 Å². The van der Waals surface area contributed by atoms with Gasteiger partial charge in [0.05, 0.1) is 11.3 Å². The molecule has 3 N–H and O–H groups in total. The van der Waals surface area contributed by atoms with E-state index in [0.717, 1.165) is 0 Å². The Kier molecular flexibility index (Phi) is 2.27. The van der Waals surface area contributed by atoms with E-state index in [-0.39, 0.29) is 16.9 Å². The van der Waals surface area contributed by atoms with Crippen molar-refractivity contribution in [2.45, 2.75) is 6.92 Å². The second-order valence-electron chi connectivity index (χ2n) is 2.59. The molecule has 0 spiro atoms. The summed E-state index contributed by atoms with van der Waals surface area (Å²) >= 11 is 0. The number of aromatic carboxylic acids is 1. The highest BCUT2D eigenvalue weighted by atomic mass is 16.4. The molecule has 1 rings (SSSR count). The summed E-state index contributed by atoms with van der Waals surface area (Å²) in [7, 11) is 0. The highest BCUT2D eigenvalue weighted by molar-refractivity contribution is 5.97. The zero-order valence-corrected chi connectivity index (χ0v) is 6.94. The molecule has 0 atom stereocenters. The first-order valence-corrected chi connectivity index (χ1v) is 3.53. The molecule has 0 unspecified atom stereocenters. The van der Waals surface area contributed by atoms with E-state index in [1.165, 1.54) is 12.1 Å². The Hall–Kier alpha value is -1.91. The predicted molar refractivity (Wildman–Crippen MR) is 48.0 cm³/mol. The Morgan fingerprint density at radius 3 is 2.62 bits per heavy atom. The minimum absolute atomic E-state index is 0.120. The summed E-state index contributed by atoms with van der Waals surface area (Å²) in [6, 6.07) is 2.85. The van der Waals surface area contributed by atoms with Crippen molar-refractivity contribution in [3.63, 3.8) is 0 Å². The van der Waals surface area contributed by atoms with Gasteiger partial charge in [-0.1, -0.05) is 6.07 Å². The number of nitrogen functional groups attached to an aromatic ring is 1. The van der Waals surface area contributed by atoms with Gasteiger partial charge in [0.25, 0.3) is 0 Å². The molecule has 0 saturated carbocycles. The van der Waals surface area contributed by atoms with Gasteiger partial charge in [-0.3, -0.25) is 0 Å². The molecule has 0 fully saturated rings. The third-order valence-electron chi connectivity index (χ3n) is 1.76. The third kappa shape index (κ3) is 1.48. The smallest absolute Gasteiger partial charge is 0.338 e. The molecule has 0 saturated heterocycles. The monoisotopic (exact) mass is 180 g/mol. The fourth-order valence-corrected chi connectivity index (χ4v) is 0.980. The first kappa shape index (κ1) is 9.18. The van der Waals surface area contributed by atoms with Crippen LogP contribution in [0, 0.1) is 11.8 Å². The van der Waals surface area contributed by atoms with Gasteiger partial charge < -0.3 is 10.8 Å². The van der Waals surface area contributed by atoms with Gasteiger partial charge in [0.15, 0.2) is 0 Å². The lowest BCUT2D eigenvalue weighted by Crippen LogP contribution is -2.00. The van der Waals surface area contributed by atoms with Crippen molar-refractivity contribution in [2.24, 2.45) is 5.18 Å². The number of anilines is 1. The molecule has 5 nitrogen and oxygen atoms in total. The first-order valence-electron chi connectivity index (χ1n) is 3.53. The molecular formula is C8H8N2O3. The van der Waals surface area contributed by atoms with Crippen molar-refractivity contribution in [3.8, 4) is 0 Å². The quantitative estimate of drug-likeness (QED) is 0.534. The zero-order valence-electron chi connectivity index (χ0n) is 6.94. The summed E-state index contributed by atoms with van der Waals surface area (Å²) in [5.41, 5.74) is 5.86. The molecule has 0 aliphatic rings. The van der Waals surface area contributed by atoms with Crippen LogP contribution in [0.25, 0.3) is 0 Å². The van der Waals surface area contributed by atoms with Crippen LogP contribution >= 0.6 is 0 Å². The standard InChI is InChI=1S/C8H8N2O3/c1-4-2-3-5(8(11)12)7(10-13)6(4)9/h2-3H,9H2,1H3,(H,11,12). The van der Waals surface area contributed by atoms with E-state index in [0.29, 0.717) is 5.56 Å². The van der Waals surface area contributed by atoms with E-state index in [1.807, 2.05) is 0 Å². The van der Waals surface area contributed by atoms with Crippen LogP contribution in [0.4, 0.5) is 11.4 Å². The van der Waals surface area contributed by atoms with Crippen LogP contribution in [0.15, 0.2) is 17.3 Å². The molecule has 0 radical (unpaired) electrons. The number of nitrogens with two attached hydrogens (primary N) is 1. The van der Waals surface area contributed by atoms with Crippen molar-refractivity contribution in [3.05, 3.63) is 28.2 Å². The molecule has 1 aromatic rings. The Bertz CT molecular complexity index is 374. The van der Waals surface area contributed by atoms with Crippen LogP contribution in [0.3, 0.4) is 0 Å². The lowest BCUT2D eigenvalue weighted by Gasteiger charge is -2.04. The molecule has 5 heteroatoms. The van der Waals surface area contributed by atoms with Gasteiger partial charge >= 0.3 is 5.97 Å². The number of carboxylic acids is 1. The molecule has 0 amide bonds. The molecule has 0 aliphatic carbocycles. The van der Waals surface area contributed by atoms with Gasteiger partial charge in [-0.2, -0.15) is 0 Å². The minimum atomic E-state index is -1.21. The van der Waals surface area contributed by atoms with Crippen LogP contribution in [0.2, 0.25) is 0 Å². The molecule has 0 aromatic heterocycles. The highest BCUT2D eigenvalue weighted by Gasteiger charge is 2.14. The number of nitrogens with zero attached hydrogens (tertiary/aromatic N) is 1. The third-order valence-corrected chi connectivity index (χ3v) is 1.76. The number of rotatable bonds is 2. The van der Waals surface area contributed by atoms with E-state index >= 15 is 0 Å². The summed E-state index contributed by atoms with van der Waals surface area (Å²) < 4.78 is 0. The lowest BCUT2D eigenvalue weighted by atomic mass is 10.1.